The first-order valence-corrected chi connectivity index (χ1v) is 7.66. The van der Waals surface area contributed by atoms with Crippen LogP contribution in [0.1, 0.15) is 43.9 Å². The van der Waals surface area contributed by atoms with E-state index in [-0.39, 0.29) is 0 Å². The SMILES string of the molecule is CC(C)c1cc(CCl)cc(N2CC3CCC(C2)O3)n1. The summed E-state index contributed by atoms with van der Waals surface area (Å²) in [5.74, 6) is 2.05. The van der Waals surface area contributed by atoms with Crippen LogP contribution in [0.5, 0.6) is 0 Å². The first-order chi connectivity index (χ1) is 9.15. The van der Waals surface area contributed by atoms with E-state index in [4.69, 9.17) is 21.3 Å². The number of pyridine rings is 1. The number of alkyl halides is 1. The van der Waals surface area contributed by atoms with E-state index in [2.05, 4.69) is 30.9 Å². The molecule has 2 saturated heterocycles. The predicted octanol–water partition coefficient (Wildman–Crippen LogP) is 3.31. The van der Waals surface area contributed by atoms with Crippen molar-refractivity contribution in [2.75, 3.05) is 18.0 Å². The average molecular weight is 281 g/mol. The van der Waals surface area contributed by atoms with Crippen LogP contribution < -0.4 is 4.90 Å². The zero-order chi connectivity index (χ0) is 13.4. The van der Waals surface area contributed by atoms with E-state index in [0.29, 0.717) is 24.0 Å². The molecule has 4 heteroatoms. The molecule has 2 atom stereocenters. The lowest BCUT2D eigenvalue weighted by atomic mass is 10.1. The topological polar surface area (TPSA) is 25.4 Å². The van der Waals surface area contributed by atoms with Gasteiger partial charge in [-0.2, -0.15) is 0 Å². The Morgan fingerprint density at radius 2 is 2.00 bits per heavy atom. The first kappa shape index (κ1) is 13.2. The second kappa shape index (κ2) is 5.29. The summed E-state index contributed by atoms with van der Waals surface area (Å²) in [5, 5.41) is 0. The van der Waals surface area contributed by atoms with E-state index in [1.807, 2.05) is 0 Å². The van der Waals surface area contributed by atoms with Gasteiger partial charge >= 0.3 is 0 Å². The summed E-state index contributed by atoms with van der Waals surface area (Å²) < 4.78 is 5.89. The molecule has 2 aliphatic heterocycles. The van der Waals surface area contributed by atoms with Gasteiger partial charge in [-0.1, -0.05) is 13.8 Å². The number of aromatic nitrogens is 1. The van der Waals surface area contributed by atoms with Gasteiger partial charge in [-0.3, -0.25) is 0 Å². The molecule has 0 saturated carbocycles. The minimum absolute atomic E-state index is 0.391. The molecule has 3 heterocycles. The average Bonchev–Trinajstić information content (AvgIpc) is 2.76. The van der Waals surface area contributed by atoms with Gasteiger partial charge in [0.05, 0.1) is 12.2 Å². The molecule has 19 heavy (non-hydrogen) atoms. The van der Waals surface area contributed by atoms with Crippen molar-refractivity contribution >= 4 is 17.4 Å². The normalized spacial score (nSPS) is 26.2. The van der Waals surface area contributed by atoms with Crippen molar-refractivity contribution in [3.63, 3.8) is 0 Å². The minimum atomic E-state index is 0.391. The number of hydrogen-bond donors (Lipinski definition) is 0. The Labute approximate surface area is 119 Å². The summed E-state index contributed by atoms with van der Waals surface area (Å²) in [6.07, 6.45) is 3.16. The molecule has 0 amide bonds. The van der Waals surface area contributed by atoms with Gasteiger partial charge in [-0.15, -0.1) is 11.6 Å². The molecule has 3 nitrogen and oxygen atoms in total. The predicted molar refractivity (Wildman–Crippen MR) is 78.0 cm³/mol. The van der Waals surface area contributed by atoms with Crippen LogP contribution in [0.25, 0.3) is 0 Å². The van der Waals surface area contributed by atoms with E-state index in [1.165, 1.54) is 12.8 Å². The highest BCUT2D eigenvalue weighted by atomic mass is 35.5. The summed E-state index contributed by atoms with van der Waals surface area (Å²) in [5.41, 5.74) is 2.29. The summed E-state index contributed by atoms with van der Waals surface area (Å²) >= 11 is 6.01. The fraction of sp³-hybridized carbons (Fsp3) is 0.667. The van der Waals surface area contributed by atoms with Crippen molar-refractivity contribution in [1.82, 2.24) is 4.98 Å². The summed E-state index contributed by atoms with van der Waals surface area (Å²) in [6, 6.07) is 4.25. The Kier molecular flexibility index (Phi) is 3.68. The first-order valence-electron chi connectivity index (χ1n) is 7.13. The fourth-order valence-electron chi connectivity index (χ4n) is 2.93. The third-order valence-electron chi connectivity index (χ3n) is 4.00. The van der Waals surface area contributed by atoms with Gasteiger partial charge in [-0.25, -0.2) is 4.98 Å². The van der Waals surface area contributed by atoms with Crippen molar-refractivity contribution in [3.05, 3.63) is 23.4 Å². The van der Waals surface area contributed by atoms with Crippen molar-refractivity contribution in [1.29, 1.82) is 0 Å². The van der Waals surface area contributed by atoms with Gasteiger partial charge in [0.1, 0.15) is 5.82 Å². The molecule has 1 aromatic rings. The summed E-state index contributed by atoms with van der Waals surface area (Å²) in [4.78, 5) is 7.18. The summed E-state index contributed by atoms with van der Waals surface area (Å²) in [6.45, 7) is 6.28. The third kappa shape index (κ3) is 2.72. The van der Waals surface area contributed by atoms with E-state index in [9.17, 15) is 0 Å². The number of morpholine rings is 1. The van der Waals surface area contributed by atoms with E-state index < -0.39 is 0 Å². The van der Waals surface area contributed by atoms with Crippen LogP contribution in [0.4, 0.5) is 5.82 Å². The Morgan fingerprint density at radius 1 is 1.32 bits per heavy atom. The molecule has 0 spiro atoms. The molecule has 0 N–H and O–H groups in total. The van der Waals surface area contributed by atoms with Gasteiger partial charge in [0.15, 0.2) is 0 Å². The Morgan fingerprint density at radius 3 is 2.58 bits per heavy atom. The lowest BCUT2D eigenvalue weighted by molar-refractivity contribution is 0.0302. The van der Waals surface area contributed by atoms with Gasteiger partial charge in [0.2, 0.25) is 0 Å². The van der Waals surface area contributed by atoms with Crippen molar-refractivity contribution in [2.45, 2.75) is 50.7 Å². The second-order valence-electron chi connectivity index (χ2n) is 5.91. The molecule has 3 rings (SSSR count). The highest BCUT2D eigenvalue weighted by Gasteiger charge is 2.34. The molecule has 2 fully saturated rings. The molecule has 0 aromatic carbocycles. The molecule has 0 radical (unpaired) electrons. The smallest absolute Gasteiger partial charge is 0.129 e. The number of anilines is 1. The highest BCUT2D eigenvalue weighted by Crippen LogP contribution is 2.30. The number of ether oxygens (including phenoxy) is 1. The molecule has 2 bridgehead atoms. The number of nitrogens with zero attached hydrogens (tertiary/aromatic N) is 2. The van der Waals surface area contributed by atoms with Crippen LogP contribution in [-0.4, -0.2) is 30.3 Å². The van der Waals surface area contributed by atoms with Crippen LogP contribution >= 0.6 is 11.6 Å². The van der Waals surface area contributed by atoms with Gasteiger partial charge in [-0.05, 0) is 36.5 Å². The number of halogens is 1. The Hall–Kier alpha value is -0.800. The second-order valence-corrected chi connectivity index (χ2v) is 6.18. The van der Waals surface area contributed by atoms with Crippen molar-refractivity contribution in [2.24, 2.45) is 0 Å². The Bertz CT molecular complexity index is 451. The Balaban J connectivity index is 1.89. The lowest BCUT2D eigenvalue weighted by Gasteiger charge is -2.33. The molecule has 2 unspecified atom stereocenters. The van der Waals surface area contributed by atoms with E-state index in [0.717, 1.165) is 30.2 Å². The maximum absolute atomic E-state index is 6.01. The van der Waals surface area contributed by atoms with Crippen LogP contribution in [0.15, 0.2) is 12.1 Å². The molecule has 1 aromatic heterocycles. The molecular formula is C15H21ClN2O. The third-order valence-corrected chi connectivity index (χ3v) is 4.31. The number of fused-ring (bicyclic) bond motifs is 2. The zero-order valence-electron chi connectivity index (χ0n) is 11.6. The minimum Gasteiger partial charge on any atom is -0.371 e. The van der Waals surface area contributed by atoms with Crippen LogP contribution in [-0.2, 0) is 10.6 Å². The van der Waals surface area contributed by atoms with Crippen molar-refractivity contribution in [3.8, 4) is 0 Å². The maximum atomic E-state index is 6.01. The van der Waals surface area contributed by atoms with E-state index >= 15 is 0 Å². The molecule has 2 aliphatic rings. The number of hydrogen-bond acceptors (Lipinski definition) is 3. The van der Waals surface area contributed by atoms with Gasteiger partial charge in [0, 0.05) is 24.7 Å². The van der Waals surface area contributed by atoms with Crippen LogP contribution in [0.3, 0.4) is 0 Å². The lowest BCUT2D eigenvalue weighted by Crippen LogP contribution is -2.43. The van der Waals surface area contributed by atoms with Gasteiger partial charge < -0.3 is 9.64 Å². The van der Waals surface area contributed by atoms with Crippen LogP contribution in [0, 0.1) is 0 Å². The van der Waals surface area contributed by atoms with Crippen molar-refractivity contribution < 1.29 is 4.74 Å². The van der Waals surface area contributed by atoms with E-state index in [1.54, 1.807) is 0 Å². The number of rotatable bonds is 3. The molecule has 104 valence electrons. The summed E-state index contributed by atoms with van der Waals surface area (Å²) in [7, 11) is 0. The molecular weight excluding hydrogens is 260 g/mol. The largest absolute Gasteiger partial charge is 0.371 e. The highest BCUT2D eigenvalue weighted by molar-refractivity contribution is 6.17. The quantitative estimate of drug-likeness (QED) is 0.795. The standard InChI is InChI=1S/C15H21ClN2O/c1-10(2)14-5-11(7-16)6-15(17-14)18-8-12-3-4-13(9-18)19-12/h5-6,10,12-13H,3-4,7-9H2,1-2H3. The zero-order valence-corrected chi connectivity index (χ0v) is 12.4. The van der Waals surface area contributed by atoms with Gasteiger partial charge in [0.25, 0.3) is 0 Å². The molecule has 0 aliphatic carbocycles. The maximum Gasteiger partial charge on any atom is 0.129 e. The monoisotopic (exact) mass is 280 g/mol. The van der Waals surface area contributed by atoms with Crippen LogP contribution in [0.2, 0.25) is 0 Å². The fourth-order valence-corrected chi connectivity index (χ4v) is 3.09.